The molecule has 2 unspecified atom stereocenters. The highest BCUT2D eigenvalue weighted by Crippen LogP contribution is 2.16. The molecule has 0 aliphatic carbocycles. The minimum atomic E-state index is -0.254. The SMILES string of the molecule is CC(NC(=O)CC1CCCNC1)c1ccc(F)cc1. The second-order valence-electron chi connectivity index (χ2n) is 5.26. The fraction of sp³-hybridized carbons (Fsp3) is 0.533. The summed E-state index contributed by atoms with van der Waals surface area (Å²) >= 11 is 0. The molecule has 1 aromatic carbocycles. The molecule has 19 heavy (non-hydrogen) atoms. The van der Waals surface area contributed by atoms with Gasteiger partial charge in [0.05, 0.1) is 6.04 Å². The number of hydrogen-bond donors (Lipinski definition) is 2. The van der Waals surface area contributed by atoms with Gasteiger partial charge in [0, 0.05) is 6.42 Å². The van der Waals surface area contributed by atoms with Gasteiger partial charge < -0.3 is 10.6 Å². The molecule has 2 rings (SSSR count). The molecule has 1 heterocycles. The highest BCUT2D eigenvalue weighted by Gasteiger charge is 2.18. The number of halogens is 1. The van der Waals surface area contributed by atoms with E-state index in [-0.39, 0.29) is 17.8 Å². The fourth-order valence-corrected chi connectivity index (χ4v) is 2.50. The quantitative estimate of drug-likeness (QED) is 0.876. The lowest BCUT2D eigenvalue weighted by atomic mass is 9.95. The molecule has 1 aromatic rings. The molecule has 0 saturated carbocycles. The van der Waals surface area contributed by atoms with Crippen molar-refractivity contribution in [3.63, 3.8) is 0 Å². The van der Waals surface area contributed by atoms with Gasteiger partial charge in [-0.15, -0.1) is 0 Å². The molecule has 1 saturated heterocycles. The third kappa shape index (κ3) is 4.31. The molecule has 1 fully saturated rings. The Bertz CT molecular complexity index is 413. The van der Waals surface area contributed by atoms with E-state index in [1.807, 2.05) is 6.92 Å². The first kappa shape index (κ1) is 14.0. The van der Waals surface area contributed by atoms with E-state index in [1.165, 1.54) is 12.1 Å². The highest BCUT2D eigenvalue weighted by atomic mass is 19.1. The smallest absolute Gasteiger partial charge is 0.220 e. The van der Waals surface area contributed by atoms with Gasteiger partial charge in [0.25, 0.3) is 0 Å². The lowest BCUT2D eigenvalue weighted by molar-refractivity contribution is -0.122. The Labute approximate surface area is 113 Å². The van der Waals surface area contributed by atoms with Crippen molar-refractivity contribution in [2.24, 2.45) is 5.92 Å². The molecular formula is C15H21FN2O. The molecular weight excluding hydrogens is 243 g/mol. The van der Waals surface area contributed by atoms with Crippen molar-refractivity contribution >= 4 is 5.91 Å². The molecule has 104 valence electrons. The minimum Gasteiger partial charge on any atom is -0.350 e. The van der Waals surface area contributed by atoms with Gasteiger partial charge in [-0.25, -0.2) is 4.39 Å². The van der Waals surface area contributed by atoms with E-state index in [2.05, 4.69) is 10.6 Å². The summed E-state index contributed by atoms with van der Waals surface area (Å²) in [7, 11) is 0. The van der Waals surface area contributed by atoms with Crippen molar-refractivity contribution in [2.45, 2.75) is 32.2 Å². The Morgan fingerprint density at radius 3 is 2.84 bits per heavy atom. The van der Waals surface area contributed by atoms with Crippen LogP contribution in [-0.4, -0.2) is 19.0 Å². The Morgan fingerprint density at radius 2 is 2.21 bits per heavy atom. The van der Waals surface area contributed by atoms with E-state index in [0.29, 0.717) is 12.3 Å². The average molecular weight is 264 g/mol. The number of hydrogen-bond acceptors (Lipinski definition) is 2. The van der Waals surface area contributed by atoms with Crippen LogP contribution in [-0.2, 0) is 4.79 Å². The maximum Gasteiger partial charge on any atom is 0.220 e. The van der Waals surface area contributed by atoms with Gasteiger partial charge in [0.1, 0.15) is 5.82 Å². The molecule has 1 aliphatic rings. The summed E-state index contributed by atoms with van der Waals surface area (Å²) in [5, 5.41) is 6.28. The second-order valence-corrected chi connectivity index (χ2v) is 5.26. The Morgan fingerprint density at radius 1 is 1.47 bits per heavy atom. The molecule has 1 aliphatic heterocycles. The van der Waals surface area contributed by atoms with Crippen LogP contribution < -0.4 is 10.6 Å². The molecule has 0 spiro atoms. The Kier molecular flexibility index (Phi) is 4.91. The minimum absolute atomic E-state index is 0.0746. The summed E-state index contributed by atoms with van der Waals surface area (Å²) in [6.45, 7) is 3.91. The third-order valence-electron chi connectivity index (χ3n) is 3.62. The van der Waals surface area contributed by atoms with Gasteiger partial charge in [-0.3, -0.25) is 4.79 Å². The number of carbonyl (C=O) groups is 1. The first-order valence-electron chi connectivity index (χ1n) is 6.90. The molecule has 3 nitrogen and oxygen atoms in total. The van der Waals surface area contributed by atoms with Crippen LogP contribution in [0.25, 0.3) is 0 Å². The van der Waals surface area contributed by atoms with E-state index >= 15 is 0 Å². The summed E-state index contributed by atoms with van der Waals surface area (Å²) in [4.78, 5) is 11.9. The largest absolute Gasteiger partial charge is 0.350 e. The molecule has 2 N–H and O–H groups in total. The van der Waals surface area contributed by atoms with E-state index in [1.54, 1.807) is 12.1 Å². The van der Waals surface area contributed by atoms with E-state index < -0.39 is 0 Å². The number of rotatable bonds is 4. The first-order valence-corrected chi connectivity index (χ1v) is 6.90. The Hall–Kier alpha value is -1.42. The number of amides is 1. The van der Waals surface area contributed by atoms with Crippen molar-refractivity contribution in [1.29, 1.82) is 0 Å². The van der Waals surface area contributed by atoms with Crippen LogP contribution in [0.15, 0.2) is 24.3 Å². The van der Waals surface area contributed by atoms with Crippen molar-refractivity contribution in [2.75, 3.05) is 13.1 Å². The average Bonchev–Trinajstić information content (AvgIpc) is 2.40. The summed E-state index contributed by atoms with van der Waals surface area (Å²) in [5.41, 5.74) is 0.927. The lowest BCUT2D eigenvalue weighted by Gasteiger charge is -2.23. The fourth-order valence-electron chi connectivity index (χ4n) is 2.50. The van der Waals surface area contributed by atoms with Gasteiger partial charge in [-0.05, 0) is 56.5 Å². The van der Waals surface area contributed by atoms with Crippen molar-refractivity contribution in [3.05, 3.63) is 35.6 Å². The maximum absolute atomic E-state index is 12.8. The molecule has 2 atom stereocenters. The highest BCUT2D eigenvalue weighted by molar-refractivity contribution is 5.76. The van der Waals surface area contributed by atoms with E-state index in [4.69, 9.17) is 0 Å². The zero-order chi connectivity index (χ0) is 13.7. The summed E-state index contributed by atoms with van der Waals surface area (Å²) < 4.78 is 12.8. The molecule has 1 amide bonds. The normalized spacial score (nSPS) is 20.8. The maximum atomic E-state index is 12.8. The van der Waals surface area contributed by atoms with Gasteiger partial charge in [-0.1, -0.05) is 12.1 Å². The number of nitrogens with one attached hydrogen (secondary N) is 2. The number of piperidine rings is 1. The Balaban J connectivity index is 1.82. The van der Waals surface area contributed by atoms with Crippen LogP contribution in [0.3, 0.4) is 0 Å². The van der Waals surface area contributed by atoms with Crippen LogP contribution in [0.2, 0.25) is 0 Å². The van der Waals surface area contributed by atoms with Crippen LogP contribution in [0.1, 0.15) is 37.8 Å². The topological polar surface area (TPSA) is 41.1 Å². The standard InChI is InChI=1S/C15H21FN2O/c1-11(13-4-6-14(16)7-5-13)18-15(19)9-12-3-2-8-17-10-12/h4-7,11-12,17H,2-3,8-10H2,1H3,(H,18,19). The van der Waals surface area contributed by atoms with Crippen molar-refractivity contribution < 1.29 is 9.18 Å². The van der Waals surface area contributed by atoms with Gasteiger partial charge in [0.15, 0.2) is 0 Å². The zero-order valence-electron chi connectivity index (χ0n) is 11.3. The third-order valence-corrected chi connectivity index (χ3v) is 3.62. The van der Waals surface area contributed by atoms with Crippen LogP contribution in [0.5, 0.6) is 0 Å². The van der Waals surface area contributed by atoms with Crippen LogP contribution >= 0.6 is 0 Å². The zero-order valence-corrected chi connectivity index (χ0v) is 11.3. The predicted molar refractivity (Wildman–Crippen MR) is 73.2 cm³/mol. The first-order chi connectivity index (χ1) is 9.15. The van der Waals surface area contributed by atoms with E-state index in [9.17, 15) is 9.18 Å². The van der Waals surface area contributed by atoms with Gasteiger partial charge in [0.2, 0.25) is 5.91 Å². The van der Waals surface area contributed by atoms with Crippen molar-refractivity contribution in [1.82, 2.24) is 10.6 Å². The van der Waals surface area contributed by atoms with Gasteiger partial charge in [-0.2, -0.15) is 0 Å². The summed E-state index contributed by atoms with van der Waals surface area (Å²) in [5.74, 6) is 0.259. The predicted octanol–water partition coefficient (Wildman–Crippen LogP) is 2.39. The molecule has 0 aromatic heterocycles. The van der Waals surface area contributed by atoms with Crippen LogP contribution in [0, 0.1) is 11.7 Å². The van der Waals surface area contributed by atoms with Gasteiger partial charge >= 0.3 is 0 Å². The molecule has 0 radical (unpaired) electrons. The summed E-state index contributed by atoms with van der Waals surface area (Å²) in [6.07, 6.45) is 2.83. The van der Waals surface area contributed by atoms with E-state index in [0.717, 1.165) is 31.5 Å². The number of carbonyl (C=O) groups excluding carboxylic acids is 1. The second kappa shape index (κ2) is 6.66. The van der Waals surface area contributed by atoms with Crippen LogP contribution in [0.4, 0.5) is 4.39 Å². The summed E-state index contributed by atoms with van der Waals surface area (Å²) in [6, 6.07) is 6.18. The molecule has 4 heteroatoms. The van der Waals surface area contributed by atoms with Crippen molar-refractivity contribution in [3.8, 4) is 0 Å². The monoisotopic (exact) mass is 264 g/mol. The lowest BCUT2D eigenvalue weighted by Crippen LogP contribution is -2.35. The number of benzene rings is 1. The molecule has 0 bridgehead atoms.